The summed E-state index contributed by atoms with van der Waals surface area (Å²) in [4.78, 5) is 12.5. The first-order chi connectivity index (χ1) is 12.4. The molecule has 2 heterocycles. The molecule has 3 rings (SSSR count). The molecule has 0 aliphatic rings. The van der Waals surface area contributed by atoms with E-state index in [1.165, 1.54) is 12.1 Å². The lowest BCUT2D eigenvalue weighted by atomic mass is 10.0. The third-order valence-corrected chi connectivity index (χ3v) is 4.19. The second-order valence-electron chi connectivity index (χ2n) is 6.47. The Morgan fingerprint density at radius 1 is 0.654 bits per heavy atom. The van der Waals surface area contributed by atoms with Crippen LogP contribution in [-0.2, 0) is 0 Å². The average molecular weight is 350 g/mol. The van der Waals surface area contributed by atoms with Gasteiger partial charge in [-0.25, -0.2) is 0 Å². The molecule has 0 radical (unpaired) electrons. The van der Waals surface area contributed by atoms with Crippen molar-refractivity contribution < 1.29 is 10.2 Å². The summed E-state index contributed by atoms with van der Waals surface area (Å²) in [6, 6.07) is 10.5. The lowest BCUT2D eigenvalue weighted by Gasteiger charge is -2.15. The number of pyridine rings is 2. The van der Waals surface area contributed by atoms with E-state index in [4.69, 9.17) is 0 Å². The molecule has 0 aliphatic carbocycles. The minimum absolute atomic E-state index is 0.0401. The van der Waals surface area contributed by atoms with Crippen LogP contribution in [0.5, 0.6) is 11.5 Å². The van der Waals surface area contributed by atoms with Crippen molar-refractivity contribution in [3.05, 3.63) is 48.8 Å². The third-order valence-electron chi connectivity index (χ3n) is 4.19. The molecule has 2 aromatic heterocycles. The van der Waals surface area contributed by atoms with Crippen LogP contribution in [0.4, 0.5) is 11.4 Å². The molecule has 6 nitrogen and oxygen atoms in total. The zero-order valence-corrected chi connectivity index (χ0v) is 15.3. The van der Waals surface area contributed by atoms with E-state index in [9.17, 15) is 10.2 Å². The molecule has 1 aromatic carbocycles. The van der Waals surface area contributed by atoms with Crippen molar-refractivity contribution in [3.63, 3.8) is 0 Å². The quantitative estimate of drug-likeness (QED) is 0.703. The van der Waals surface area contributed by atoms with Crippen LogP contribution in [0.25, 0.3) is 22.5 Å². The van der Waals surface area contributed by atoms with Crippen LogP contribution in [0, 0.1) is 0 Å². The first-order valence-corrected chi connectivity index (χ1v) is 8.20. The molecule has 0 saturated heterocycles. The van der Waals surface area contributed by atoms with Gasteiger partial charge in [-0.2, -0.15) is 0 Å². The Labute approximate surface area is 153 Å². The molecular weight excluding hydrogens is 328 g/mol. The fraction of sp³-hybridized carbons (Fsp3) is 0.200. The number of anilines is 2. The van der Waals surface area contributed by atoms with E-state index >= 15 is 0 Å². The number of hydrogen-bond donors (Lipinski definition) is 2. The molecular formula is C20H22N4O2. The van der Waals surface area contributed by atoms with Gasteiger partial charge in [-0.1, -0.05) is 0 Å². The molecule has 0 bridgehead atoms. The SMILES string of the molecule is CN(C)c1ccnc(-c2cc(O)c(-c3cc(N(C)C)ccn3)cc2O)c1. The Bertz CT molecular complexity index is 862. The van der Waals surface area contributed by atoms with Gasteiger partial charge in [0.25, 0.3) is 0 Å². The predicted molar refractivity (Wildman–Crippen MR) is 105 cm³/mol. The molecule has 26 heavy (non-hydrogen) atoms. The van der Waals surface area contributed by atoms with E-state index < -0.39 is 0 Å². The first-order valence-electron chi connectivity index (χ1n) is 8.20. The molecule has 134 valence electrons. The topological polar surface area (TPSA) is 72.7 Å². The summed E-state index contributed by atoms with van der Waals surface area (Å²) >= 11 is 0. The van der Waals surface area contributed by atoms with Crippen molar-refractivity contribution in [1.82, 2.24) is 9.97 Å². The van der Waals surface area contributed by atoms with Crippen LogP contribution < -0.4 is 9.80 Å². The molecule has 6 heteroatoms. The van der Waals surface area contributed by atoms with Gasteiger partial charge in [0.15, 0.2) is 0 Å². The van der Waals surface area contributed by atoms with Crippen LogP contribution in [0.3, 0.4) is 0 Å². The molecule has 2 N–H and O–H groups in total. The third kappa shape index (κ3) is 3.39. The number of aromatic nitrogens is 2. The van der Waals surface area contributed by atoms with Gasteiger partial charge in [-0.15, -0.1) is 0 Å². The fourth-order valence-corrected chi connectivity index (χ4v) is 2.68. The van der Waals surface area contributed by atoms with Crippen LogP contribution in [0.2, 0.25) is 0 Å². The van der Waals surface area contributed by atoms with E-state index in [2.05, 4.69) is 9.97 Å². The van der Waals surface area contributed by atoms with Gasteiger partial charge in [0.2, 0.25) is 0 Å². The monoisotopic (exact) mass is 350 g/mol. The molecule has 0 amide bonds. The minimum Gasteiger partial charge on any atom is -0.507 e. The van der Waals surface area contributed by atoms with Crippen molar-refractivity contribution in [2.75, 3.05) is 38.0 Å². The zero-order valence-electron chi connectivity index (χ0n) is 15.3. The van der Waals surface area contributed by atoms with Gasteiger partial charge < -0.3 is 20.0 Å². The smallest absolute Gasteiger partial charge is 0.125 e. The normalized spacial score (nSPS) is 10.6. The standard InChI is InChI=1S/C20H22N4O2/c1-23(2)13-5-7-21-17(9-13)15-11-20(26)16(12-19(15)25)18-10-14(24(3)4)6-8-22-18/h5-12,25-26H,1-4H3. The maximum Gasteiger partial charge on any atom is 0.125 e. The summed E-state index contributed by atoms with van der Waals surface area (Å²) in [5, 5.41) is 21.1. The largest absolute Gasteiger partial charge is 0.507 e. The van der Waals surface area contributed by atoms with Crippen molar-refractivity contribution in [1.29, 1.82) is 0 Å². The van der Waals surface area contributed by atoms with E-state index in [0.29, 0.717) is 22.5 Å². The first kappa shape index (κ1) is 17.5. The highest BCUT2D eigenvalue weighted by Crippen LogP contribution is 2.39. The van der Waals surface area contributed by atoms with Gasteiger partial charge in [-0.05, 0) is 36.4 Å². The van der Waals surface area contributed by atoms with E-state index in [1.54, 1.807) is 12.4 Å². The van der Waals surface area contributed by atoms with Crippen molar-refractivity contribution >= 4 is 11.4 Å². The maximum atomic E-state index is 10.5. The molecule has 3 aromatic rings. The Hall–Kier alpha value is -3.28. The summed E-state index contributed by atoms with van der Waals surface area (Å²) in [7, 11) is 7.73. The Morgan fingerprint density at radius 3 is 1.38 bits per heavy atom. The number of benzene rings is 1. The second kappa shape index (κ2) is 6.92. The summed E-state index contributed by atoms with van der Waals surface area (Å²) in [6.07, 6.45) is 3.36. The molecule has 0 spiro atoms. The Morgan fingerprint density at radius 2 is 1.04 bits per heavy atom. The van der Waals surface area contributed by atoms with Crippen molar-refractivity contribution in [2.24, 2.45) is 0 Å². The van der Waals surface area contributed by atoms with Crippen molar-refractivity contribution in [3.8, 4) is 34.0 Å². The van der Waals surface area contributed by atoms with E-state index in [0.717, 1.165) is 11.4 Å². The Balaban J connectivity index is 2.07. The zero-order chi connectivity index (χ0) is 18.8. The lowest BCUT2D eigenvalue weighted by molar-refractivity contribution is 0.463. The van der Waals surface area contributed by atoms with Crippen LogP contribution in [0.15, 0.2) is 48.8 Å². The summed E-state index contributed by atoms with van der Waals surface area (Å²) < 4.78 is 0. The van der Waals surface area contributed by atoms with Crippen LogP contribution in [0.1, 0.15) is 0 Å². The summed E-state index contributed by atoms with van der Waals surface area (Å²) in [5.41, 5.74) is 4.03. The highest BCUT2D eigenvalue weighted by atomic mass is 16.3. The molecule has 0 saturated carbocycles. The van der Waals surface area contributed by atoms with Gasteiger partial charge >= 0.3 is 0 Å². The number of hydrogen-bond acceptors (Lipinski definition) is 6. The van der Waals surface area contributed by atoms with Crippen molar-refractivity contribution in [2.45, 2.75) is 0 Å². The van der Waals surface area contributed by atoms with Gasteiger partial charge in [0.1, 0.15) is 11.5 Å². The highest BCUT2D eigenvalue weighted by molar-refractivity contribution is 5.79. The van der Waals surface area contributed by atoms with Gasteiger partial charge in [-0.3, -0.25) is 9.97 Å². The van der Waals surface area contributed by atoms with Crippen LogP contribution in [-0.4, -0.2) is 48.4 Å². The number of phenols is 2. The minimum atomic E-state index is 0.0401. The average Bonchev–Trinajstić information content (AvgIpc) is 2.63. The number of nitrogens with zero attached hydrogens (tertiary/aromatic N) is 4. The molecule has 0 unspecified atom stereocenters. The number of phenolic OH excluding ortho intramolecular Hbond substituents is 2. The summed E-state index contributed by atoms with van der Waals surface area (Å²) in [5.74, 6) is 0.0801. The maximum absolute atomic E-state index is 10.5. The van der Waals surface area contributed by atoms with Gasteiger partial charge in [0.05, 0.1) is 11.4 Å². The van der Waals surface area contributed by atoms with E-state index in [1.807, 2.05) is 62.3 Å². The predicted octanol–water partition coefficient (Wildman–Crippen LogP) is 3.35. The number of rotatable bonds is 4. The molecule has 0 atom stereocenters. The van der Waals surface area contributed by atoms with Gasteiger partial charge in [0, 0.05) is 63.1 Å². The molecule has 0 fully saturated rings. The summed E-state index contributed by atoms with van der Waals surface area (Å²) in [6.45, 7) is 0. The molecule has 0 aliphatic heterocycles. The number of aromatic hydroxyl groups is 2. The highest BCUT2D eigenvalue weighted by Gasteiger charge is 2.15. The fourth-order valence-electron chi connectivity index (χ4n) is 2.68. The second-order valence-corrected chi connectivity index (χ2v) is 6.47. The Kier molecular flexibility index (Phi) is 4.67. The lowest BCUT2D eigenvalue weighted by Crippen LogP contribution is -2.08. The van der Waals surface area contributed by atoms with Crippen LogP contribution >= 0.6 is 0 Å². The van der Waals surface area contributed by atoms with E-state index in [-0.39, 0.29) is 11.5 Å².